The summed E-state index contributed by atoms with van der Waals surface area (Å²) in [6.07, 6.45) is 4.43. The SMILES string of the molecule is Cc1ccc(S(=O)(=O)[C@@H](CNC(=O)c2ccncc2)c2ccco2)cc1C. The second-order valence-corrected chi connectivity index (χ2v) is 8.37. The normalized spacial score (nSPS) is 12.5. The summed E-state index contributed by atoms with van der Waals surface area (Å²) in [6.45, 7) is 3.68. The van der Waals surface area contributed by atoms with Crippen LogP contribution in [0.2, 0.25) is 0 Å². The lowest BCUT2D eigenvalue weighted by Crippen LogP contribution is -2.31. The van der Waals surface area contributed by atoms with Gasteiger partial charge >= 0.3 is 0 Å². The molecule has 0 saturated heterocycles. The van der Waals surface area contributed by atoms with Gasteiger partial charge in [-0.25, -0.2) is 8.42 Å². The first-order chi connectivity index (χ1) is 12.9. The zero-order chi connectivity index (χ0) is 19.4. The fourth-order valence-corrected chi connectivity index (χ4v) is 4.35. The highest BCUT2D eigenvalue weighted by molar-refractivity contribution is 7.91. The van der Waals surface area contributed by atoms with Crippen molar-refractivity contribution in [3.63, 3.8) is 0 Å². The lowest BCUT2D eigenvalue weighted by atomic mass is 10.1. The van der Waals surface area contributed by atoms with Gasteiger partial charge in [-0.1, -0.05) is 6.07 Å². The summed E-state index contributed by atoms with van der Waals surface area (Å²) in [5.41, 5.74) is 2.30. The minimum Gasteiger partial charge on any atom is -0.468 e. The Balaban J connectivity index is 1.90. The molecule has 3 rings (SSSR count). The number of hydrogen-bond acceptors (Lipinski definition) is 5. The van der Waals surface area contributed by atoms with Crippen LogP contribution in [-0.4, -0.2) is 25.9 Å². The number of aromatic nitrogens is 1. The monoisotopic (exact) mass is 384 g/mol. The zero-order valence-corrected chi connectivity index (χ0v) is 15.9. The molecular weight excluding hydrogens is 364 g/mol. The van der Waals surface area contributed by atoms with Crippen LogP contribution < -0.4 is 5.32 Å². The largest absolute Gasteiger partial charge is 0.468 e. The number of carbonyl (C=O) groups excluding carboxylic acids is 1. The minimum atomic E-state index is -3.76. The highest BCUT2D eigenvalue weighted by Gasteiger charge is 2.32. The van der Waals surface area contributed by atoms with E-state index in [0.29, 0.717) is 5.56 Å². The molecule has 0 aliphatic carbocycles. The van der Waals surface area contributed by atoms with Crippen molar-refractivity contribution >= 4 is 15.7 Å². The molecule has 27 heavy (non-hydrogen) atoms. The van der Waals surface area contributed by atoms with Crippen molar-refractivity contribution in [2.45, 2.75) is 24.0 Å². The number of nitrogens with zero attached hydrogens (tertiary/aromatic N) is 1. The molecule has 2 aromatic heterocycles. The Morgan fingerprint density at radius 2 is 1.85 bits per heavy atom. The molecule has 7 heteroatoms. The van der Waals surface area contributed by atoms with Crippen LogP contribution in [-0.2, 0) is 9.84 Å². The smallest absolute Gasteiger partial charge is 0.251 e. The topological polar surface area (TPSA) is 89.3 Å². The molecule has 6 nitrogen and oxygen atoms in total. The number of hydrogen-bond donors (Lipinski definition) is 1. The first-order valence-corrected chi connectivity index (χ1v) is 9.97. The summed E-state index contributed by atoms with van der Waals surface area (Å²) >= 11 is 0. The molecular formula is C20H20N2O4S. The van der Waals surface area contributed by atoms with Gasteiger partial charge in [-0.05, 0) is 61.4 Å². The van der Waals surface area contributed by atoms with Gasteiger partial charge in [0.15, 0.2) is 9.84 Å². The zero-order valence-electron chi connectivity index (χ0n) is 15.0. The number of aryl methyl sites for hydroxylation is 2. The predicted molar refractivity (Wildman–Crippen MR) is 101 cm³/mol. The van der Waals surface area contributed by atoms with E-state index in [2.05, 4.69) is 10.3 Å². The van der Waals surface area contributed by atoms with E-state index in [1.165, 1.54) is 18.7 Å². The molecule has 0 spiro atoms. The fourth-order valence-electron chi connectivity index (χ4n) is 2.68. The number of nitrogens with one attached hydrogen (secondary N) is 1. The lowest BCUT2D eigenvalue weighted by molar-refractivity contribution is 0.0953. The third-order valence-electron chi connectivity index (χ3n) is 4.43. The number of furan rings is 1. The Bertz CT molecular complexity index is 1030. The van der Waals surface area contributed by atoms with Crippen molar-refractivity contribution in [1.29, 1.82) is 0 Å². The first kappa shape index (κ1) is 18.8. The Kier molecular flexibility index (Phi) is 5.41. The Morgan fingerprint density at radius 1 is 1.11 bits per heavy atom. The maximum Gasteiger partial charge on any atom is 0.251 e. The molecule has 0 aliphatic rings. The van der Waals surface area contributed by atoms with Gasteiger partial charge in [0, 0.05) is 24.5 Å². The third kappa shape index (κ3) is 4.09. The molecule has 0 bridgehead atoms. The quantitative estimate of drug-likeness (QED) is 0.705. The summed E-state index contributed by atoms with van der Waals surface area (Å²) < 4.78 is 31.8. The molecule has 1 amide bonds. The summed E-state index contributed by atoms with van der Waals surface area (Å²) in [7, 11) is -3.76. The van der Waals surface area contributed by atoms with Gasteiger partial charge < -0.3 is 9.73 Å². The molecule has 0 fully saturated rings. The molecule has 1 N–H and O–H groups in total. The number of amides is 1. The van der Waals surface area contributed by atoms with Gasteiger partial charge in [0.2, 0.25) is 0 Å². The van der Waals surface area contributed by atoms with Crippen LogP contribution >= 0.6 is 0 Å². The van der Waals surface area contributed by atoms with Crippen molar-refractivity contribution in [1.82, 2.24) is 10.3 Å². The highest BCUT2D eigenvalue weighted by atomic mass is 32.2. The van der Waals surface area contributed by atoms with Gasteiger partial charge in [-0.2, -0.15) is 0 Å². The summed E-state index contributed by atoms with van der Waals surface area (Å²) in [6, 6.07) is 11.4. The van der Waals surface area contributed by atoms with Gasteiger partial charge in [-0.15, -0.1) is 0 Å². The van der Waals surface area contributed by atoms with Crippen molar-refractivity contribution in [3.8, 4) is 0 Å². The van der Waals surface area contributed by atoms with Gasteiger partial charge in [0.1, 0.15) is 11.0 Å². The van der Waals surface area contributed by atoms with Crippen LogP contribution in [0.15, 0.2) is 70.4 Å². The summed E-state index contributed by atoms with van der Waals surface area (Å²) in [5, 5.41) is 1.66. The second-order valence-electron chi connectivity index (χ2n) is 6.24. The number of sulfone groups is 1. The molecule has 1 aromatic carbocycles. The number of pyridine rings is 1. The summed E-state index contributed by atoms with van der Waals surface area (Å²) in [5.74, 6) is -0.0903. The summed E-state index contributed by atoms with van der Waals surface area (Å²) in [4.78, 5) is 16.4. The van der Waals surface area contributed by atoms with Crippen molar-refractivity contribution in [2.75, 3.05) is 6.54 Å². The average Bonchev–Trinajstić information content (AvgIpc) is 3.18. The molecule has 0 aliphatic heterocycles. The predicted octanol–water partition coefficient (Wildman–Crippen LogP) is 3.24. The van der Waals surface area contributed by atoms with E-state index in [-0.39, 0.29) is 23.1 Å². The second kappa shape index (κ2) is 7.75. The van der Waals surface area contributed by atoms with E-state index in [4.69, 9.17) is 4.42 Å². The van der Waals surface area contributed by atoms with E-state index in [1.807, 2.05) is 13.8 Å². The van der Waals surface area contributed by atoms with Crippen LogP contribution in [0.3, 0.4) is 0 Å². The molecule has 2 heterocycles. The standard InChI is InChI=1S/C20H20N2O4S/c1-14-5-6-17(12-15(14)2)27(24,25)19(18-4-3-11-26-18)13-22-20(23)16-7-9-21-10-8-16/h3-12,19H,13H2,1-2H3,(H,22,23)/t19-/m0/s1. The van der Waals surface area contributed by atoms with Crippen molar-refractivity contribution < 1.29 is 17.6 Å². The highest BCUT2D eigenvalue weighted by Crippen LogP contribution is 2.30. The van der Waals surface area contributed by atoms with Crippen LogP contribution in [0, 0.1) is 13.8 Å². The van der Waals surface area contributed by atoms with Crippen LogP contribution in [0.25, 0.3) is 0 Å². The average molecular weight is 384 g/mol. The van der Waals surface area contributed by atoms with E-state index in [0.717, 1.165) is 11.1 Å². The molecule has 0 radical (unpaired) electrons. The van der Waals surface area contributed by atoms with Crippen LogP contribution in [0.4, 0.5) is 0 Å². The van der Waals surface area contributed by atoms with E-state index in [9.17, 15) is 13.2 Å². The van der Waals surface area contributed by atoms with Crippen LogP contribution in [0.5, 0.6) is 0 Å². The Labute approximate surface area is 158 Å². The minimum absolute atomic E-state index is 0.107. The number of carbonyl (C=O) groups is 1. The lowest BCUT2D eigenvalue weighted by Gasteiger charge is -2.17. The molecule has 3 aromatic rings. The molecule has 0 saturated carbocycles. The number of benzene rings is 1. The van der Waals surface area contributed by atoms with E-state index < -0.39 is 15.1 Å². The van der Waals surface area contributed by atoms with Crippen molar-refractivity contribution in [2.24, 2.45) is 0 Å². The van der Waals surface area contributed by atoms with Crippen molar-refractivity contribution in [3.05, 3.63) is 83.6 Å². The Morgan fingerprint density at radius 3 is 2.48 bits per heavy atom. The molecule has 140 valence electrons. The van der Waals surface area contributed by atoms with Crippen LogP contribution in [0.1, 0.15) is 32.5 Å². The third-order valence-corrected chi connectivity index (χ3v) is 6.49. The fraction of sp³-hybridized carbons (Fsp3) is 0.200. The maximum absolute atomic E-state index is 13.2. The van der Waals surface area contributed by atoms with Gasteiger partial charge in [0.05, 0.1) is 11.2 Å². The Hall–Kier alpha value is -2.93. The first-order valence-electron chi connectivity index (χ1n) is 8.42. The van der Waals surface area contributed by atoms with Gasteiger partial charge in [0.25, 0.3) is 5.91 Å². The maximum atomic E-state index is 13.2. The molecule has 0 unspecified atom stereocenters. The number of rotatable bonds is 6. The van der Waals surface area contributed by atoms with E-state index >= 15 is 0 Å². The van der Waals surface area contributed by atoms with E-state index in [1.54, 1.807) is 42.5 Å². The molecule has 1 atom stereocenters. The van der Waals surface area contributed by atoms with Gasteiger partial charge in [-0.3, -0.25) is 9.78 Å².